The van der Waals surface area contributed by atoms with E-state index >= 15 is 0 Å². The zero-order valence-electron chi connectivity index (χ0n) is 33.4. The van der Waals surface area contributed by atoms with Crippen molar-refractivity contribution in [3.63, 3.8) is 0 Å². The smallest absolute Gasteiger partial charge is 0.137 e. The van der Waals surface area contributed by atoms with Gasteiger partial charge in [-0.05, 0) is 123 Å². The van der Waals surface area contributed by atoms with Gasteiger partial charge >= 0.3 is 0 Å². The fourth-order valence-corrected chi connectivity index (χ4v) is 9.84. The van der Waals surface area contributed by atoms with E-state index in [2.05, 4.69) is 224 Å². The molecule has 0 amide bonds. The number of nitrogens with zero attached hydrogens (tertiary/aromatic N) is 2. The van der Waals surface area contributed by atoms with Crippen LogP contribution in [0.5, 0.6) is 0 Å². The van der Waals surface area contributed by atoms with Gasteiger partial charge in [0.05, 0.1) is 16.4 Å². The van der Waals surface area contributed by atoms with Crippen molar-refractivity contribution >= 4 is 60.8 Å². The maximum Gasteiger partial charge on any atom is 0.137 e. The highest BCUT2D eigenvalue weighted by Gasteiger charge is 2.36. The van der Waals surface area contributed by atoms with Crippen LogP contribution in [0.1, 0.15) is 25.0 Å². The summed E-state index contributed by atoms with van der Waals surface area (Å²) in [5, 5.41) is 4.70. The topological polar surface area (TPSA) is 21.3 Å². The number of hydrogen-bond donors (Lipinski definition) is 0. The predicted octanol–water partition coefficient (Wildman–Crippen LogP) is 15.8. The Balaban J connectivity index is 1.01. The van der Waals surface area contributed by atoms with Gasteiger partial charge in [-0.25, -0.2) is 0 Å². The van der Waals surface area contributed by atoms with Gasteiger partial charge < -0.3 is 13.9 Å². The van der Waals surface area contributed by atoms with E-state index in [4.69, 9.17) is 4.42 Å². The molecule has 0 N–H and O–H groups in total. The fourth-order valence-electron chi connectivity index (χ4n) is 9.84. The van der Waals surface area contributed by atoms with Crippen molar-refractivity contribution in [3.05, 3.63) is 217 Å². The van der Waals surface area contributed by atoms with E-state index in [-0.39, 0.29) is 5.41 Å². The third-order valence-electron chi connectivity index (χ3n) is 12.8. The van der Waals surface area contributed by atoms with Crippen molar-refractivity contribution in [1.29, 1.82) is 0 Å². The lowest BCUT2D eigenvalue weighted by molar-refractivity contribution is 0.660. The summed E-state index contributed by atoms with van der Waals surface area (Å²) in [5.74, 6) is 0. The molecule has 3 nitrogen and oxygen atoms in total. The average Bonchev–Trinajstić information content (AvgIpc) is 3.93. The van der Waals surface area contributed by atoms with Gasteiger partial charge in [-0.3, -0.25) is 0 Å². The summed E-state index contributed by atoms with van der Waals surface area (Å²) in [4.78, 5) is 2.40. The Hall–Kier alpha value is -7.62. The second kappa shape index (κ2) is 13.2. The van der Waals surface area contributed by atoms with Gasteiger partial charge in [-0.1, -0.05) is 141 Å². The molecule has 284 valence electrons. The zero-order chi connectivity index (χ0) is 40.0. The number of aromatic nitrogens is 1. The monoisotopic (exact) mass is 768 g/mol. The second-order valence-corrected chi connectivity index (χ2v) is 16.5. The first-order valence-corrected chi connectivity index (χ1v) is 20.8. The molecule has 2 heterocycles. The third kappa shape index (κ3) is 5.22. The quantitative estimate of drug-likeness (QED) is 0.168. The van der Waals surface area contributed by atoms with Crippen LogP contribution in [0, 0.1) is 0 Å². The number of para-hydroxylation sites is 2. The van der Waals surface area contributed by atoms with Crippen LogP contribution in [-0.4, -0.2) is 4.57 Å². The molecule has 11 aromatic rings. The zero-order valence-corrected chi connectivity index (χ0v) is 33.4. The molecule has 12 rings (SSSR count). The summed E-state index contributed by atoms with van der Waals surface area (Å²) in [7, 11) is 0. The first-order valence-electron chi connectivity index (χ1n) is 20.8. The summed E-state index contributed by atoms with van der Waals surface area (Å²) in [5.41, 5.74) is 18.6. The summed E-state index contributed by atoms with van der Waals surface area (Å²) >= 11 is 0. The van der Waals surface area contributed by atoms with Crippen LogP contribution in [0.3, 0.4) is 0 Å². The second-order valence-electron chi connectivity index (χ2n) is 16.5. The molecule has 0 fully saturated rings. The highest BCUT2D eigenvalue weighted by Crippen LogP contribution is 2.52. The lowest BCUT2D eigenvalue weighted by atomic mass is 9.81. The Kier molecular flexibility index (Phi) is 7.58. The number of fused-ring (bicyclic) bond motifs is 10. The summed E-state index contributed by atoms with van der Waals surface area (Å²) < 4.78 is 8.82. The van der Waals surface area contributed by atoms with E-state index in [1.54, 1.807) is 0 Å². The van der Waals surface area contributed by atoms with E-state index in [9.17, 15) is 0 Å². The minimum absolute atomic E-state index is 0.183. The van der Waals surface area contributed by atoms with Crippen molar-refractivity contribution in [2.24, 2.45) is 0 Å². The first-order chi connectivity index (χ1) is 29.5. The van der Waals surface area contributed by atoms with Crippen LogP contribution in [0.2, 0.25) is 0 Å². The number of benzene rings is 9. The molecule has 0 radical (unpaired) electrons. The average molecular weight is 769 g/mol. The number of rotatable bonds is 6. The van der Waals surface area contributed by atoms with Gasteiger partial charge in [-0.15, -0.1) is 0 Å². The van der Waals surface area contributed by atoms with Crippen LogP contribution in [0.4, 0.5) is 17.1 Å². The Morgan fingerprint density at radius 2 is 0.967 bits per heavy atom. The van der Waals surface area contributed by atoms with E-state index in [0.29, 0.717) is 0 Å². The molecular weight excluding hydrogens is 729 g/mol. The van der Waals surface area contributed by atoms with Crippen molar-refractivity contribution < 1.29 is 4.42 Å². The summed E-state index contributed by atoms with van der Waals surface area (Å²) in [6.45, 7) is 4.74. The highest BCUT2D eigenvalue weighted by atomic mass is 16.3. The van der Waals surface area contributed by atoms with Gasteiger partial charge in [0, 0.05) is 44.3 Å². The summed E-state index contributed by atoms with van der Waals surface area (Å²) in [6.07, 6.45) is 0. The van der Waals surface area contributed by atoms with Gasteiger partial charge in [0.2, 0.25) is 0 Å². The van der Waals surface area contributed by atoms with Crippen molar-refractivity contribution in [2.45, 2.75) is 19.3 Å². The van der Waals surface area contributed by atoms with Crippen LogP contribution < -0.4 is 4.90 Å². The number of furan rings is 1. The fraction of sp³-hybridized carbons (Fsp3) is 0.0526. The molecule has 0 atom stereocenters. The molecule has 1 aliphatic carbocycles. The van der Waals surface area contributed by atoms with Crippen molar-refractivity contribution in [3.8, 4) is 39.1 Å². The Bertz CT molecular complexity index is 3430. The molecule has 3 heteroatoms. The number of anilines is 3. The molecule has 0 unspecified atom stereocenters. The largest absolute Gasteiger partial charge is 0.456 e. The normalized spacial score (nSPS) is 13.0. The maximum absolute atomic E-state index is 6.41. The minimum atomic E-state index is -0.183. The molecule has 0 saturated carbocycles. The van der Waals surface area contributed by atoms with E-state index < -0.39 is 0 Å². The van der Waals surface area contributed by atoms with Gasteiger partial charge in [0.15, 0.2) is 0 Å². The molecule has 1 aliphatic rings. The van der Waals surface area contributed by atoms with E-state index in [1.807, 2.05) is 6.07 Å². The predicted molar refractivity (Wildman–Crippen MR) is 251 cm³/mol. The van der Waals surface area contributed by atoms with E-state index in [0.717, 1.165) is 50.2 Å². The molecule has 0 bridgehead atoms. The highest BCUT2D eigenvalue weighted by molar-refractivity contribution is 6.24. The molecule has 9 aromatic carbocycles. The lowest BCUT2D eigenvalue weighted by Gasteiger charge is -2.28. The molecule has 0 spiro atoms. The minimum Gasteiger partial charge on any atom is -0.456 e. The van der Waals surface area contributed by atoms with Crippen LogP contribution in [0.15, 0.2) is 211 Å². The van der Waals surface area contributed by atoms with Crippen molar-refractivity contribution in [2.75, 3.05) is 4.90 Å². The van der Waals surface area contributed by atoms with E-state index in [1.165, 1.54) is 60.8 Å². The number of hydrogen-bond acceptors (Lipinski definition) is 2. The molecule has 0 saturated heterocycles. The van der Waals surface area contributed by atoms with Gasteiger partial charge in [0.25, 0.3) is 0 Å². The van der Waals surface area contributed by atoms with Crippen LogP contribution in [0.25, 0.3) is 82.8 Å². The summed E-state index contributed by atoms with van der Waals surface area (Å²) in [6, 6.07) is 74.8. The van der Waals surface area contributed by atoms with Crippen molar-refractivity contribution in [1.82, 2.24) is 4.57 Å². The Morgan fingerprint density at radius 1 is 0.417 bits per heavy atom. The Morgan fingerprint density at radius 3 is 1.70 bits per heavy atom. The van der Waals surface area contributed by atoms with Crippen LogP contribution >= 0.6 is 0 Å². The Labute approximate surface area is 349 Å². The molecule has 2 aromatic heterocycles. The standard InChI is InChI=1S/C57H40N2O/c1-57(2)50-35-40(38-15-7-4-8-16-38)23-31-45(50)46-32-30-44(36-51(46)57)58(41-24-21-39(22-25-41)37-13-5-3-6-14-37)42-26-28-43(29-27-42)59-52-19-11-9-17-47(52)48-33-34-54-55(56(48)59)49-18-10-12-20-53(49)60-54/h3-36H,1-2H3. The van der Waals surface area contributed by atoms with Gasteiger partial charge in [-0.2, -0.15) is 0 Å². The third-order valence-corrected chi connectivity index (χ3v) is 12.8. The lowest BCUT2D eigenvalue weighted by Crippen LogP contribution is -2.16. The molecule has 60 heavy (non-hydrogen) atoms. The van der Waals surface area contributed by atoms with Gasteiger partial charge in [0.1, 0.15) is 11.2 Å². The maximum atomic E-state index is 6.41. The van der Waals surface area contributed by atoms with Crippen LogP contribution in [-0.2, 0) is 5.41 Å². The molecule has 0 aliphatic heterocycles. The molecular formula is C57H40N2O. The SMILES string of the molecule is CC1(C)c2cc(-c3ccccc3)ccc2-c2ccc(N(c3ccc(-c4ccccc4)cc3)c3ccc(-n4c5ccccc5c5ccc6oc7ccccc7c6c54)cc3)cc21. The first kappa shape index (κ1) is 34.4.